The molecular formula is C12H15ClN2OS. The minimum absolute atomic E-state index is 0.118. The fourth-order valence-corrected chi connectivity index (χ4v) is 1.73. The van der Waals surface area contributed by atoms with E-state index in [0.717, 1.165) is 12.0 Å². The van der Waals surface area contributed by atoms with Gasteiger partial charge in [-0.1, -0.05) is 29.9 Å². The summed E-state index contributed by atoms with van der Waals surface area (Å²) >= 11 is 10.7. The Bertz CT molecular complexity index is 435. The number of rotatable bonds is 5. The number of benzene rings is 1. The number of thiocarbonyl (C=S) groups is 1. The number of nitrogens with one attached hydrogen (secondary N) is 1. The van der Waals surface area contributed by atoms with E-state index in [1.54, 1.807) is 18.2 Å². The first-order chi connectivity index (χ1) is 8.02. The first-order valence-electron chi connectivity index (χ1n) is 5.34. The highest BCUT2D eigenvalue weighted by atomic mass is 35.5. The molecule has 0 aliphatic rings. The summed E-state index contributed by atoms with van der Waals surface area (Å²) in [5.41, 5.74) is 6.76. The van der Waals surface area contributed by atoms with E-state index in [2.05, 4.69) is 5.32 Å². The van der Waals surface area contributed by atoms with Crippen molar-refractivity contribution in [1.82, 2.24) is 5.32 Å². The number of carbonyl (C=O) groups is 1. The normalized spacial score (nSPS) is 10.0. The Morgan fingerprint density at radius 2 is 2.24 bits per heavy atom. The zero-order valence-electron chi connectivity index (χ0n) is 9.63. The highest BCUT2D eigenvalue weighted by Gasteiger charge is 2.09. The topological polar surface area (TPSA) is 55.1 Å². The van der Waals surface area contributed by atoms with Gasteiger partial charge in [-0.25, -0.2) is 0 Å². The van der Waals surface area contributed by atoms with E-state index in [4.69, 9.17) is 29.6 Å². The molecule has 92 valence electrons. The van der Waals surface area contributed by atoms with Gasteiger partial charge in [0.25, 0.3) is 5.91 Å². The van der Waals surface area contributed by atoms with Crippen LogP contribution in [0.2, 0.25) is 5.02 Å². The maximum absolute atomic E-state index is 11.8. The maximum Gasteiger partial charge on any atom is 0.251 e. The Balaban J connectivity index is 2.53. The third-order valence-electron chi connectivity index (χ3n) is 2.40. The zero-order valence-corrected chi connectivity index (χ0v) is 11.2. The number of amides is 1. The Morgan fingerprint density at radius 3 is 2.88 bits per heavy atom. The molecule has 0 radical (unpaired) electrons. The molecule has 0 fully saturated rings. The van der Waals surface area contributed by atoms with Crippen molar-refractivity contribution in [2.24, 2.45) is 5.73 Å². The van der Waals surface area contributed by atoms with Crippen LogP contribution in [0.4, 0.5) is 0 Å². The number of halogens is 1. The predicted octanol–water partition coefficient (Wildman–Crippen LogP) is 2.44. The SMILES string of the molecule is Cc1c(Cl)cccc1C(=O)NCCCC(N)=S. The van der Waals surface area contributed by atoms with Crippen molar-refractivity contribution in [2.75, 3.05) is 6.54 Å². The number of hydrogen-bond donors (Lipinski definition) is 2. The molecule has 0 saturated carbocycles. The summed E-state index contributed by atoms with van der Waals surface area (Å²) in [4.78, 5) is 12.3. The van der Waals surface area contributed by atoms with Gasteiger partial charge in [0.15, 0.2) is 0 Å². The molecular weight excluding hydrogens is 256 g/mol. The predicted molar refractivity (Wildman–Crippen MR) is 74.5 cm³/mol. The van der Waals surface area contributed by atoms with Crippen LogP contribution in [0.25, 0.3) is 0 Å². The molecule has 1 aromatic carbocycles. The summed E-state index contributed by atoms with van der Waals surface area (Å²) in [7, 11) is 0. The molecule has 3 N–H and O–H groups in total. The van der Waals surface area contributed by atoms with Crippen molar-refractivity contribution in [1.29, 1.82) is 0 Å². The third-order valence-corrected chi connectivity index (χ3v) is 3.01. The van der Waals surface area contributed by atoms with Gasteiger partial charge >= 0.3 is 0 Å². The first kappa shape index (κ1) is 13.9. The van der Waals surface area contributed by atoms with E-state index in [-0.39, 0.29) is 5.91 Å². The summed E-state index contributed by atoms with van der Waals surface area (Å²) in [5.74, 6) is -0.118. The van der Waals surface area contributed by atoms with Crippen molar-refractivity contribution in [3.63, 3.8) is 0 Å². The van der Waals surface area contributed by atoms with Crippen molar-refractivity contribution in [2.45, 2.75) is 19.8 Å². The average Bonchev–Trinajstić information content (AvgIpc) is 2.27. The Labute approximate surface area is 111 Å². The second-order valence-corrected chi connectivity index (χ2v) is 4.67. The fraction of sp³-hybridized carbons (Fsp3) is 0.333. The van der Waals surface area contributed by atoms with Crippen LogP contribution < -0.4 is 11.1 Å². The molecule has 17 heavy (non-hydrogen) atoms. The maximum atomic E-state index is 11.8. The van der Waals surface area contributed by atoms with Crippen molar-refractivity contribution >= 4 is 34.7 Å². The van der Waals surface area contributed by atoms with E-state index in [1.807, 2.05) is 6.92 Å². The van der Waals surface area contributed by atoms with Gasteiger partial charge in [-0.3, -0.25) is 4.79 Å². The number of carbonyl (C=O) groups excluding carboxylic acids is 1. The van der Waals surface area contributed by atoms with Crippen LogP contribution in [0.1, 0.15) is 28.8 Å². The molecule has 0 spiro atoms. The van der Waals surface area contributed by atoms with Crippen molar-refractivity contribution in [3.8, 4) is 0 Å². The summed E-state index contributed by atoms with van der Waals surface area (Å²) < 4.78 is 0. The Kier molecular flexibility index (Phi) is 5.38. The van der Waals surface area contributed by atoms with Crippen LogP contribution in [0, 0.1) is 6.92 Å². The molecule has 0 saturated heterocycles. The fourth-order valence-electron chi connectivity index (χ4n) is 1.41. The van der Waals surface area contributed by atoms with Gasteiger partial charge in [0.2, 0.25) is 0 Å². The third kappa shape index (κ3) is 4.32. The molecule has 0 aliphatic carbocycles. The lowest BCUT2D eigenvalue weighted by Gasteiger charge is -2.08. The second-order valence-electron chi connectivity index (χ2n) is 3.74. The van der Waals surface area contributed by atoms with Gasteiger partial charge in [0.1, 0.15) is 0 Å². The van der Waals surface area contributed by atoms with E-state index < -0.39 is 0 Å². The molecule has 0 unspecified atom stereocenters. The lowest BCUT2D eigenvalue weighted by molar-refractivity contribution is 0.0953. The van der Waals surface area contributed by atoms with Crippen LogP contribution in [0.5, 0.6) is 0 Å². The molecule has 0 bridgehead atoms. The molecule has 1 amide bonds. The summed E-state index contributed by atoms with van der Waals surface area (Å²) in [6, 6.07) is 5.28. The standard InChI is InChI=1S/C12H15ClN2OS/c1-8-9(4-2-5-10(8)13)12(16)15-7-3-6-11(14)17/h2,4-5H,3,6-7H2,1H3,(H2,14,17)(H,15,16). The second kappa shape index (κ2) is 6.57. The van der Waals surface area contributed by atoms with Gasteiger partial charge in [-0.15, -0.1) is 0 Å². The molecule has 5 heteroatoms. The Hall–Kier alpha value is -1.13. The molecule has 0 aliphatic heterocycles. The molecule has 1 aromatic rings. The largest absolute Gasteiger partial charge is 0.393 e. The van der Waals surface area contributed by atoms with Gasteiger partial charge in [0.05, 0.1) is 4.99 Å². The molecule has 0 aromatic heterocycles. The average molecular weight is 271 g/mol. The van der Waals surface area contributed by atoms with Gasteiger partial charge in [-0.05, 0) is 37.5 Å². The highest BCUT2D eigenvalue weighted by Crippen LogP contribution is 2.18. The summed E-state index contributed by atoms with van der Waals surface area (Å²) in [5, 5.41) is 3.41. The molecule has 0 atom stereocenters. The van der Waals surface area contributed by atoms with Crippen molar-refractivity contribution < 1.29 is 4.79 Å². The first-order valence-corrected chi connectivity index (χ1v) is 6.12. The van der Waals surface area contributed by atoms with Gasteiger partial charge in [-0.2, -0.15) is 0 Å². The van der Waals surface area contributed by atoms with Crippen LogP contribution in [0.15, 0.2) is 18.2 Å². The lowest BCUT2D eigenvalue weighted by Crippen LogP contribution is -2.26. The van der Waals surface area contributed by atoms with E-state index in [1.165, 1.54) is 0 Å². The smallest absolute Gasteiger partial charge is 0.251 e. The summed E-state index contributed by atoms with van der Waals surface area (Å²) in [6.45, 7) is 2.38. The molecule has 3 nitrogen and oxygen atoms in total. The van der Waals surface area contributed by atoms with Crippen molar-refractivity contribution in [3.05, 3.63) is 34.3 Å². The van der Waals surface area contributed by atoms with Gasteiger partial charge < -0.3 is 11.1 Å². The van der Waals surface area contributed by atoms with Gasteiger partial charge in [0, 0.05) is 17.1 Å². The van der Waals surface area contributed by atoms with Crippen LogP contribution in [-0.2, 0) is 0 Å². The van der Waals surface area contributed by atoms with Crippen LogP contribution in [-0.4, -0.2) is 17.4 Å². The number of hydrogen-bond acceptors (Lipinski definition) is 2. The zero-order chi connectivity index (χ0) is 12.8. The van der Waals surface area contributed by atoms with Crippen LogP contribution >= 0.6 is 23.8 Å². The molecule has 1 rings (SSSR count). The minimum Gasteiger partial charge on any atom is -0.393 e. The Morgan fingerprint density at radius 1 is 1.53 bits per heavy atom. The monoisotopic (exact) mass is 270 g/mol. The summed E-state index contributed by atoms with van der Waals surface area (Å²) in [6.07, 6.45) is 1.39. The van der Waals surface area contributed by atoms with E-state index in [9.17, 15) is 4.79 Å². The number of nitrogens with two attached hydrogens (primary N) is 1. The van der Waals surface area contributed by atoms with E-state index in [0.29, 0.717) is 28.5 Å². The minimum atomic E-state index is -0.118. The van der Waals surface area contributed by atoms with Crippen LogP contribution in [0.3, 0.4) is 0 Å². The van der Waals surface area contributed by atoms with E-state index >= 15 is 0 Å². The lowest BCUT2D eigenvalue weighted by atomic mass is 10.1. The molecule has 0 heterocycles. The quantitative estimate of drug-likeness (QED) is 0.638. The highest BCUT2D eigenvalue weighted by molar-refractivity contribution is 7.80.